The molecule has 14 heavy (non-hydrogen) atoms. The predicted molar refractivity (Wildman–Crippen MR) is 59.9 cm³/mol. The second-order valence-corrected chi connectivity index (χ2v) is 3.14. The molecule has 1 aromatic carbocycles. The van der Waals surface area contributed by atoms with Crippen LogP contribution < -0.4 is 5.73 Å². The summed E-state index contributed by atoms with van der Waals surface area (Å²) in [7, 11) is 0. The second kappa shape index (κ2) is 6.35. The summed E-state index contributed by atoms with van der Waals surface area (Å²) in [5.74, 6) is 0. The zero-order chi connectivity index (χ0) is 10.2. The number of hydrogen-bond donors (Lipinski definition) is 1. The van der Waals surface area contributed by atoms with E-state index in [1.807, 2.05) is 18.2 Å². The van der Waals surface area contributed by atoms with Gasteiger partial charge in [-0.05, 0) is 24.1 Å². The Bertz CT molecular complexity index is 266. The molecule has 0 bridgehead atoms. The molecule has 0 aliphatic heterocycles. The third kappa shape index (κ3) is 3.73. The number of ether oxygens (including phenoxy) is 1. The van der Waals surface area contributed by atoms with E-state index in [0.29, 0.717) is 13.2 Å². The molecule has 0 radical (unpaired) electrons. The van der Waals surface area contributed by atoms with Gasteiger partial charge in [0.2, 0.25) is 0 Å². The first-order valence-corrected chi connectivity index (χ1v) is 4.86. The lowest BCUT2D eigenvalue weighted by atomic mass is 10.1. The molecule has 0 amide bonds. The van der Waals surface area contributed by atoms with Crippen molar-refractivity contribution in [1.29, 1.82) is 0 Å². The normalized spacial score (nSPS) is 10.1. The van der Waals surface area contributed by atoms with Gasteiger partial charge < -0.3 is 10.5 Å². The molecule has 2 nitrogen and oxygen atoms in total. The van der Waals surface area contributed by atoms with Gasteiger partial charge in [-0.2, -0.15) is 0 Å². The Kier molecular flexibility index (Phi) is 4.97. The molecule has 76 valence electrons. The Balaban J connectivity index is 2.32. The van der Waals surface area contributed by atoms with E-state index >= 15 is 0 Å². The Morgan fingerprint density at radius 2 is 2.00 bits per heavy atom. The van der Waals surface area contributed by atoms with E-state index < -0.39 is 0 Å². The molecule has 0 unspecified atom stereocenters. The van der Waals surface area contributed by atoms with E-state index in [1.54, 1.807) is 0 Å². The van der Waals surface area contributed by atoms with E-state index in [0.717, 1.165) is 18.6 Å². The lowest BCUT2D eigenvalue weighted by molar-refractivity contribution is 0.120. The van der Waals surface area contributed by atoms with Crippen LogP contribution in [0.2, 0.25) is 0 Å². The third-order valence-electron chi connectivity index (χ3n) is 1.98. The highest BCUT2D eigenvalue weighted by Gasteiger charge is 1.92. The van der Waals surface area contributed by atoms with Gasteiger partial charge in [-0.25, -0.2) is 0 Å². The van der Waals surface area contributed by atoms with Crippen molar-refractivity contribution in [2.45, 2.75) is 13.0 Å². The van der Waals surface area contributed by atoms with Gasteiger partial charge in [0.05, 0.1) is 6.61 Å². The van der Waals surface area contributed by atoms with Crippen LogP contribution in [0, 0.1) is 0 Å². The van der Waals surface area contributed by atoms with Crippen LogP contribution in [0.4, 0.5) is 0 Å². The maximum atomic E-state index is 5.43. The van der Waals surface area contributed by atoms with Crippen molar-refractivity contribution in [2.24, 2.45) is 5.73 Å². The minimum atomic E-state index is 0.664. The van der Waals surface area contributed by atoms with Crippen LogP contribution in [0.15, 0.2) is 30.8 Å². The van der Waals surface area contributed by atoms with Gasteiger partial charge in [0.15, 0.2) is 0 Å². The van der Waals surface area contributed by atoms with Crippen LogP contribution in [0.3, 0.4) is 0 Å². The SMILES string of the molecule is C=Cc1ccc(COCCCN)cc1. The van der Waals surface area contributed by atoms with E-state index in [2.05, 4.69) is 18.7 Å². The predicted octanol–water partition coefficient (Wildman–Crippen LogP) is 2.20. The van der Waals surface area contributed by atoms with Crippen LogP contribution in [0.25, 0.3) is 6.08 Å². The molecular formula is C12H17NO. The fourth-order valence-corrected chi connectivity index (χ4v) is 1.13. The lowest BCUT2D eigenvalue weighted by Gasteiger charge is -2.03. The number of nitrogens with two attached hydrogens (primary N) is 1. The van der Waals surface area contributed by atoms with Gasteiger partial charge in [0, 0.05) is 6.61 Å². The summed E-state index contributed by atoms with van der Waals surface area (Å²) in [5.41, 5.74) is 7.68. The van der Waals surface area contributed by atoms with Crippen LogP contribution in [-0.4, -0.2) is 13.2 Å². The van der Waals surface area contributed by atoms with E-state index in [1.165, 1.54) is 5.56 Å². The van der Waals surface area contributed by atoms with E-state index in [9.17, 15) is 0 Å². The standard InChI is InChI=1S/C12H17NO/c1-2-11-4-6-12(7-5-11)10-14-9-3-8-13/h2,4-7H,1,3,8-10,13H2. The van der Waals surface area contributed by atoms with Crippen molar-refractivity contribution < 1.29 is 4.74 Å². The molecule has 0 spiro atoms. The molecule has 0 saturated carbocycles. The minimum Gasteiger partial charge on any atom is -0.377 e. The van der Waals surface area contributed by atoms with Gasteiger partial charge in [-0.1, -0.05) is 36.9 Å². The highest BCUT2D eigenvalue weighted by atomic mass is 16.5. The van der Waals surface area contributed by atoms with Crippen molar-refractivity contribution >= 4 is 6.08 Å². The van der Waals surface area contributed by atoms with Crippen LogP contribution >= 0.6 is 0 Å². The molecule has 2 N–H and O–H groups in total. The monoisotopic (exact) mass is 191 g/mol. The molecule has 0 fully saturated rings. The highest BCUT2D eigenvalue weighted by Crippen LogP contribution is 2.06. The van der Waals surface area contributed by atoms with Crippen molar-refractivity contribution in [3.8, 4) is 0 Å². The Hall–Kier alpha value is -1.12. The number of hydrogen-bond acceptors (Lipinski definition) is 2. The first kappa shape index (κ1) is 11.0. The van der Waals surface area contributed by atoms with Gasteiger partial charge in [-0.3, -0.25) is 0 Å². The van der Waals surface area contributed by atoms with Crippen molar-refractivity contribution in [2.75, 3.05) is 13.2 Å². The summed E-state index contributed by atoms with van der Waals surface area (Å²) < 4.78 is 5.43. The smallest absolute Gasteiger partial charge is 0.0716 e. The molecule has 2 heteroatoms. The van der Waals surface area contributed by atoms with Crippen molar-refractivity contribution in [3.63, 3.8) is 0 Å². The third-order valence-corrected chi connectivity index (χ3v) is 1.98. The maximum absolute atomic E-state index is 5.43. The first-order chi connectivity index (χ1) is 6.86. The average molecular weight is 191 g/mol. The van der Waals surface area contributed by atoms with Crippen molar-refractivity contribution in [1.82, 2.24) is 0 Å². The Morgan fingerprint density at radius 3 is 2.57 bits per heavy atom. The molecule has 1 rings (SSSR count). The summed E-state index contributed by atoms with van der Waals surface area (Å²) in [6, 6.07) is 8.18. The molecule has 1 aromatic rings. The van der Waals surface area contributed by atoms with E-state index in [-0.39, 0.29) is 0 Å². The van der Waals surface area contributed by atoms with E-state index in [4.69, 9.17) is 10.5 Å². The maximum Gasteiger partial charge on any atom is 0.0716 e. The molecule has 0 atom stereocenters. The molecule has 0 aromatic heterocycles. The molecular weight excluding hydrogens is 174 g/mol. The van der Waals surface area contributed by atoms with Crippen molar-refractivity contribution in [3.05, 3.63) is 42.0 Å². The van der Waals surface area contributed by atoms with Crippen LogP contribution in [0.5, 0.6) is 0 Å². The summed E-state index contributed by atoms with van der Waals surface area (Å²) >= 11 is 0. The molecule has 0 saturated heterocycles. The highest BCUT2D eigenvalue weighted by molar-refractivity contribution is 5.47. The Labute approximate surface area is 85.4 Å². The average Bonchev–Trinajstić information content (AvgIpc) is 2.25. The number of rotatable bonds is 6. The van der Waals surface area contributed by atoms with Gasteiger partial charge in [0.1, 0.15) is 0 Å². The van der Waals surface area contributed by atoms with Gasteiger partial charge in [0.25, 0.3) is 0 Å². The van der Waals surface area contributed by atoms with Gasteiger partial charge in [-0.15, -0.1) is 0 Å². The fourth-order valence-electron chi connectivity index (χ4n) is 1.13. The largest absolute Gasteiger partial charge is 0.377 e. The first-order valence-electron chi connectivity index (χ1n) is 4.86. The van der Waals surface area contributed by atoms with Crippen LogP contribution in [-0.2, 0) is 11.3 Å². The minimum absolute atomic E-state index is 0.664. The second-order valence-electron chi connectivity index (χ2n) is 3.14. The lowest BCUT2D eigenvalue weighted by Crippen LogP contribution is -2.04. The zero-order valence-electron chi connectivity index (χ0n) is 8.41. The summed E-state index contributed by atoms with van der Waals surface area (Å²) in [5, 5.41) is 0. The summed E-state index contributed by atoms with van der Waals surface area (Å²) in [6.45, 7) is 5.79. The Morgan fingerprint density at radius 1 is 1.29 bits per heavy atom. The van der Waals surface area contributed by atoms with Gasteiger partial charge >= 0.3 is 0 Å². The fraction of sp³-hybridized carbons (Fsp3) is 0.333. The number of benzene rings is 1. The van der Waals surface area contributed by atoms with Crippen LogP contribution in [0.1, 0.15) is 17.5 Å². The topological polar surface area (TPSA) is 35.2 Å². The molecule has 0 aliphatic carbocycles. The zero-order valence-corrected chi connectivity index (χ0v) is 8.41. The summed E-state index contributed by atoms with van der Waals surface area (Å²) in [4.78, 5) is 0. The summed E-state index contributed by atoms with van der Waals surface area (Å²) in [6.07, 6.45) is 2.75. The quantitative estimate of drug-likeness (QED) is 0.699. The molecule has 0 aliphatic rings. The molecule has 0 heterocycles.